The number of hydrogen-bond donors (Lipinski definition) is 1. The minimum atomic E-state index is 0. The first-order valence-electron chi connectivity index (χ1n) is 5.72. The maximum Gasteiger partial charge on any atom is 0.251 e. The number of rotatable bonds is 2. The first-order chi connectivity index (χ1) is 7.36. The summed E-state index contributed by atoms with van der Waals surface area (Å²) in [6.07, 6.45) is 6.09. The number of amides is 1. The molecule has 1 saturated carbocycles. The van der Waals surface area contributed by atoms with Crippen molar-refractivity contribution < 1.29 is 4.79 Å². The minimum absolute atomic E-state index is 0. The van der Waals surface area contributed by atoms with Gasteiger partial charge in [0.05, 0.1) is 0 Å². The molecule has 16 heavy (non-hydrogen) atoms. The fourth-order valence-electron chi connectivity index (χ4n) is 2.11. The molecule has 2 rings (SSSR count). The van der Waals surface area contributed by atoms with E-state index in [4.69, 9.17) is 0 Å². The summed E-state index contributed by atoms with van der Waals surface area (Å²) in [6.45, 7) is 0. The normalized spacial score (nSPS) is 16.2. The fourth-order valence-corrected chi connectivity index (χ4v) is 2.11. The summed E-state index contributed by atoms with van der Waals surface area (Å²) in [5.41, 5.74) is 0.767. The van der Waals surface area contributed by atoms with Crippen LogP contribution >= 0.6 is 0 Å². The summed E-state index contributed by atoms with van der Waals surface area (Å²) < 4.78 is 0. The molecule has 2 nitrogen and oxygen atoms in total. The molecular weight excluding hydrogens is 209 g/mol. The minimum Gasteiger partial charge on any atom is -0.349 e. The van der Waals surface area contributed by atoms with Gasteiger partial charge >= 0.3 is 0 Å². The van der Waals surface area contributed by atoms with Crippen molar-refractivity contribution in [2.24, 2.45) is 0 Å². The SMILES string of the molecule is O=C(NC1CCCCC1)c1ccccc1.[Na]. The van der Waals surface area contributed by atoms with Gasteiger partial charge < -0.3 is 5.32 Å². The van der Waals surface area contributed by atoms with Gasteiger partial charge in [-0.1, -0.05) is 37.5 Å². The van der Waals surface area contributed by atoms with E-state index in [0.717, 1.165) is 18.4 Å². The third-order valence-electron chi connectivity index (χ3n) is 2.98. The van der Waals surface area contributed by atoms with Gasteiger partial charge in [-0.3, -0.25) is 4.79 Å². The van der Waals surface area contributed by atoms with Gasteiger partial charge in [0.1, 0.15) is 0 Å². The van der Waals surface area contributed by atoms with E-state index in [0.29, 0.717) is 6.04 Å². The Labute approximate surface area is 119 Å². The molecule has 0 bridgehead atoms. The first-order valence-corrected chi connectivity index (χ1v) is 5.72. The summed E-state index contributed by atoms with van der Waals surface area (Å²) in [5.74, 6) is 0.0718. The summed E-state index contributed by atoms with van der Waals surface area (Å²) in [5, 5.41) is 3.10. The van der Waals surface area contributed by atoms with E-state index in [1.165, 1.54) is 19.3 Å². The molecule has 0 aromatic heterocycles. The fraction of sp³-hybridized carbons (Fsp3) is 0.462. The standard InChI is InChI=1S/C13H17NO.Na/c15-13(11-7-3-1-4-8-11)14-12-9-5-2-6-10-12;/h1,3-4,7-8,12H,2,5-6,9-10H2,(H,14,15);. The van der Waals surface area contributed by atoms with Crippen molar-refractivity contribution in [3.63, 3.8) is 0 Å². The smallest absolute Gasteiger partial charge is 0.251 e. The average Bonchev–Trinajstić information content (AvgIpc) is 2.31. The maximum atomic E-state index is 11.8. The van der Waals surface area contributed by atoms with Crippen LogP contribution in [-0.2, 0) is 0 Å². The van der Waals surface area contributed by atoms with E-state index < -0.39 is 0 Å². The van der Waals surface area contributed by atoms with Crippen LogP contribution < -0.4 is 5.32 Å². The Morgan fingerprint density at radius 3 is 2.31 bits per heavy atom. The van der Waals surface area contributed by atoms with Crippen molar-refractivity contribution in [2.75, 3.05) is 0 Å². The van der Waals surface area contributed by atoms with Crippen molar-refractivity contribution in [1.29, 1.82) is 0 Å². The van der Waals surface area contributed by atoms with Crippen LogP contribution in [0, 0.1) is 0 Å². The molecule has 1 aliphatic carbocycles. The molecular formula is C13H17NNaO. The van der Waals surface area contributed by atoms with Crippen LogP contribution in [0.15, 0.2) is 30.3 Å². The summed E-state index contributed by atoms with van der Waals surface area (Å²) >= 11 is 0. The number of carbonyl (C=O) groups is 1. The van der Waals surface area contributed by atoms with Crippen molar-refractivity contribution in [3.05, 3.63) is 35.9 Å². The number of benzene rings is 1. The summed E-state index contributed by atoms with van der Waals surface area (Å²) in [4.78, 5) is 11.8. The predicted molar refractivity (Wildman–Crippen MR) is 66.5 cm³/mol. The Hall–Kier alpha value is -0.310. The number of hydrogen-bond acceptors (Lipinski definition) is 1. The van der Waals surface area contributed by atoms with E-state index in [9.17, 15) is 4.79 Å². The van der Waals surface area contributed by atoms with Crippen LogP contribution in [0.25, 0.3) is 0 Å². The van der Waals surface area contributed by atoms with Crippen molar-refractivity contribution >= 4 is 35.5 Å². The Kier molecular flexibility index (Phi) is 6.10. The van der Waals surface area contributed by atoms with Crippen LogP contribution in [-0.4, -0.2) is 41.5 Å². The quantitative estimate of drug-likeness (QED) is 0.771. The van der Waals surface area contributed by atoms with Gasteiger partial charge in [-0.15, -0.1) is 0 Å². The Balaban J connectivity index is 0.00000128. The van der Waals surface area contributed by atoms with Crippen molar-refractivity contribution in [2.45, 2.75) is 38.1 Å². The average molecular weight is 226 g/mol. The van der Waals surface area contributed by atoms with Gasteiger partial charge in [0, 0.05) is 41.2 Å². The second-order valence-electron chi connectivity index (χ2n) is 4.17. The van der Waals surface area contributed by atoms with Crippen LogP contribution in [0.5, 0.6) is 0 Å². The zero-order valence-corrected chi connectivity index (χ0v) is 11.9. The molecule has 81 valence electrons. The van der Waals surface area contributed by atoms with Gasteiger partial charge in [0.25, 0.3) is 5.91 Å². The van der Waals surface area contributed by atoms with Crippen molar-refractivity contribution in [1.82, 2.24) is 5.32 Å². The molecule has 0 unspecified atom stereocenters. The monoisotopic (exact) mass is 226 g/mol. The molecule has 1 fully saturated rings. The third-order valence-corrected chi connectivity index (χ3v) is 2.98. The Bertz CT molecular complexity index is 320. The molecule has 1 N–H and O–H groups in total. The van der Waals surface area contributed by atoms with E-state index >= 15 is 0 Å². The second-order valence-corrected chi connectivity index (χ2v) is 4.17. The van der Waals surface area contributed by atoms with Crippen LogP contribution in [0.2, 0.25) is 0 Å². The van der Waals surface area contributed by atoms with Gasteiger partial charge in [0.2, 0.25) is 0 Å². The molecule has 1 aromatic carbocycles. The first kappa shape index (κ1) is 13.8. The number of carbonyl (C=O) groups excluding carboxylic acids is 1. The van der Waals surface area contributed by atoms with Gasteiger partial charge in [0.15, 0.2) is 0 Å². The zero-order chi connectivity index (χ0) is 10.5. The van der Waals surface area contributed by atoms with Crippen LogP contribution in [0.4, 0.5) is 0 Å². The molecule has 0 saturated heterocycles. The van der Waals surface area contributed by atoms with E-state index in [1.807, 2.05) is 30.3 Å². The topological polar surface area (TPSA) is 29.1 Å². The van der Waals surface area contributed by atoms with Gasteiger partial charge in [-0.05, 0) is 25.0 Å². The molecule has 1 radical (unpaired) electrons. The second kappa shape index (κ2) is 7.10. The Morgan fingerprint density at radius 1 is 1.06 bits per heavy atom. The van der Waals surface area contributed by atoms with E-state index in [2.05, 4.69) is 5.32 Å². The summed E-state index contributed by atoms with van der Waals surface area (Å²) in [6, 6.07) is 9.84. The molecule has 0 heterocycles. The zero-order valence-electron chi connectivity index (χ0n) is 9.91. The maximum absolute atomic E-state index is 11.8. The van der Waals surface area contributed by atoms with Crippen LogP contribution in [0.3, 0.4) is 0 Å². The molecule has 1 amide bonds. The van der Waals surface area contributed by atoms with Gasteiger partial charge in [-0.25, -0.2) is 0 Å². The van der Waals surface area contributed by atoms with Crippen molar-refractivity contribution in [3.8, 4) is 0 Å². The Morgan fingerprint density at radius 2 is 1.69 bits per heavy atom. The van der Waals surface area contributed by atoms with Gasteiger partial charge in [-0.2, -0.15) is 0 Å². The molecule has 0 atom stereocenters. The van der Waals surface area contributed by atoms with E-state index in [1.54, 1.807) is 0 Å². The van der Waals surface area contributed by atoms with E-state index in [-0.39, 0.29) is 35.5 Å². The largest absolute Gasteiger partial charge is 0.349 e. The molecule has 0 spiro atoms. The number of nitrogens with one attached hydrogen (secondary N) is 1. The third kappa shape index (κ3) is 3.93. The van der Waals surface area contributed by atoms with Crippen LogP contribution in [0.1, 0.15) is 42.5 Å². The predicted octanol–water partition coefficient (Wildman–Crippen LogP) is 2.37. The molecule has 1 aromatic rings. The summed E-state index contributed by atoms with van der Waals surface area (Å²) in [7, 11) is 0. The molecule has 0 aliphatic heterocycles. The molecule has 1 aliphatic rings. The molecule has 3 heteroatoms.